The highest BCUT2D eigenvalue weighted by Crippen LogP contribution is 2.32. The number of primary amides is 1. The van der Waals surface area contributed by atoms with Gasteiger partial charge in [0.05, 0.1) is 30.0 Å². The van der Waals surface area contributed by atoms with Crippen LogP contribution < -0.4 is 15.2 Å². The van der Waals surface area contributed by atoms with E-state index in [1.54, 1.807) is 24.3 Å². The first kappa shape index (κ1) is 22.0. The van der Waals surface area contributed by atoms with Gasteiger partial charge in [-0.05, 0) is 43.2 Å². The lowest BCUT2D eigenvalue weighted by Gasteiger charge is -2.22. The van der Waals surface area contributed by atoms with Gasteiger partial charge in [-0.15, -0.1) is 0 Å². The fourth-order valence-electron chi connectivity index (χ4n) is 3.45. The van der Waals surface area contributed by atoms with Crippen LogP contribution in [0.15, 0.2) is 42.6 Å². The van der Waals surface area contributed by atoms with E-state index in [0.717, 1.165) is 26.1 Å². The van der Waals surface area contributed by atoms with Crippen molar-refractivity contribution in [2.45, 2.75) is 25.5 Å². The third-order valence-corrected chi connectivity index (χ3v) is 5.07. The first-order valence-corrected chi connectivity index (χ1v) is 10.2. The Morgan fingerprint density at radius 3 is 2.56 bits per heavy atom. The Labute approximate surface area is 182 Å². The van der Waals surface area contributed by atoms with Gasteiger partial charge >= 0.3 is 6.55 Å². The molecule has 0 spiro atoms. The summed E-state index contributed by atoms with van der Waals surface area (Å²) in [7, 11) is 0. The molecule has 10 heteroatoms. The molecule has 2 aromatic carbocycles. The molecule has 2 N–H and O–H groups in total. The van der Waals surface area contributed by atoms with Crippen LogP contribution in [0, 0.1) is 0 Å². The maximum absolute atomic E-state index is 13.2. The Morgan fingerprint density at radius 1 is 1.16 bits per heavy atom. The molecular weight excluding hydrogens is 424 g/mol. The molecule has 2 heterocycles. The van der Waals surface area contributed by atoms with Gasteiger partial charge in [0, 0.05) is 24.7 Å². The van der Waals surface area contributed by atoms with E-state index in [9.17, 15) is 13.6 Å². The molecule has 0 atom stereocenters. The number of carbonyl (C=O) groups excluding carboxylic acids is 1. The molecule has 0 bridgehead atoms. The summed E-state index contributed by atoms with van der Waals surface area (Å²) in [6, 6.07) is 9.41. The number of alkyl halides is 2. The highest BCUT2D eigenvalue weighted by atomic mass is 19.3. The standard InChI is InChI=1S/C22H23F2N3O5/c23-22(24)27-19-12-20(18(21(25)28)11-14(19)13-26-27)32-17-3-1-15(2-4-17)30-9-10-31-16-5-7-29-8-6-16/h1-4,11-13,16,22H,5-10H2,(H2,25,28). The summed E-state index contributed by atoms with van der Waals surface area (Å²) in [5, 5.41) is 4.01. The molecule has 0 unspecified atom stereocenters. The summed E-state index contributed by atoms with van der Waals surface area (Å²) in [5.74, 6) is 0.331. The van der Waals surface area contributed by atoms with E-state index in [0.29, 0.717) is 34.8 Å². The lowest BCUT2D eigenvalue weighted by atomic mass is 10.1. The van der Waals surface area contributed by atoms with Gasteiger partial charge in [-0.25, -0.2) is 4.68 Å². The molecule has 1 aromatic heterocycles. The molecule has 0 aliphatic carbocycles. The minimum Gasteiger partial charge on any atom is -0.491 e. The van der Waals surface area contributed by atoms with Gasteiger partial charge in [0.1, 0.15) is 23.9 Å². The zero-order chi connectivity index (χ0) is 22.5. The smallest absolute Gasteiger partial charge is 0.333 e. The summed E-state index contributed by atoms with van der Waals surface area (Å²) in [4.78, 5) is 11.8. The average Bonchev–Trinajstić information content (AvgIpc) is 3.21. The number of hydrogen-bond acceptors (Lipinski definition) is 6. The van der Waals surface area contributed by atoms with Crippen molar-refractivity contribution in [2.24, 2.45) is 5.73 Å². The lowest BCUT2D eigenvalue weighted by Crippen LogP contribution is -2.25. The Kier molecular flexibility index (Phi) is 6.81. The van der Waals surface area contributed by atoms with Crippen molar-refractivity contribution >= 4 is 16.8 Å². The van der Waals surface area contributed by atoms with Crippen molar-refractivity contribution in [3.05, 3.63) is 48.2 Å². The van der Waals surface area contributed by atoms with Gasteiger partial charge in [0.15, 0.2) is 0 Å². The molecular formula is C22H23F2N3O5. The number of hydrogen-bond donors (Lipinski definition) is 1. The number of fused-ring (bicyclic) bond motifs is 1. The predicted molar refractivity (Wildman–Crippen MR) is 111 cm³/mol. The van der Waals surface area contributed by atoms with Crippen molar-refractivity contribution in [3.63, 3.8) is 0 Å². The van der Waals surface area contributed by atoms with Gasteiger partial charge in [0.2, 0.25) is 0 Å². The van der Waals surface area contributed by atoms with Crippen LogP contribution in [0.5, 0.6) is 17.2 Å². The van der Waals surface area contributed by atoms with Crippen LogP contribution in [0.25, 0.3) is 10.9 Å². The van der Waals surface area contributed by atoms with Crippen LogP contribution in [-0.4, -0.2) is 48.2 Å². The van der Waals surface area contributed by atoms with Crippen molar-refractivity contribution < 1.29 is 32.5 Å². The first-order valence-electron chi connectivity index (χ1n) is 10.2. The Hall–Kier alpha value is -3.24. The molecule has 3 aromatic rings. The van der Waals surface area contributed by atoms with Crippen LogP contribution >= 0.6 is 0 Å². The van der Waals surface area contributed by atoms with Crippen LogP contribution in [-0.2, 0) is 9.47 Å². The maximum Gasteiger partial charge on any atom is 0.333 e. The topological polar surface area (TPSA) is 97.8 Å². The van der Waals surface area contributed by atoms with Gasteiger partial charge in [-0.3, -0.25) is 4.79 Å². The van der Waals surface area contributed by atoms with Crippen molar-refractivity contribution in [1.82, 2.24) is 9.78 Å². The number of ether oxygens (including phenoxy) is 4. The van der Waals surface area contributed by atoms with Crippen LogP contribution in [0.1, 0.15) is 29.7 Å². The maximum atomic E-state index is 13.2. The van der Waals surface area contributed by atoms with Gasteiger partial charge in [0.25, 0.3) is 5.91 Å². The minimum absolute atomic E-state index is 0.0610. The molecule has 1 aliphatic heterocycles. The number of rotatable bonds is 9. The zero-order valence-corrected chi connectivity index (χ0v) is 17.2. The van der Waals surface area contributed by atoms with Crippen LogP contribution in [0.3, 0.4) is 0 Å². The molecule has 0 saturated carbocycles. The molecule has 1 saturated heterocycles. The Balaban J connectivity index is 1.40. The third kappa shape index (κ3) is 5.14. The molecule has 1 aliphatic rings. The van der Waals surface area contributed by atoms with E-state index < -0.39 is 12.5 Å². The second-order valence-corrected chi connectivity index (χ2v) is 7.24. The molecule has 170 valence electrons. The second kappa shape index (κ2) is 9.92. The Bertz CT molecular complexity index is 1070. The number of nitrogens with two attached hydrogens (primary N) is 1. The number of halogens is 2. The lowest BCUT2D eigenvalue weighted by molar-refractivity contribution is -0.0388. The molecule has 0 radical (unpaired) electrons. The average molecular weight is 447 g/mol. The fraction of sp³-hybridized carbons (Fsp3) is 0.364. The van der Waals surface area contributed by atoms with Gasteiger partial charge in [-0.1, -0.05) is 0 Å². The monoisotopic (exact) mass is 447 g/mol. The van der Waals surface area contributed by atoms with E-state index in [4.69, 9.17) is 24.7 Å². The molecule has 1 fully saturated rings. The van der Waals surface area contributed by atoms with Crippen molar-refractivity contribution in [3.8, 4) is 17.2 Å². The molecule has 4 rings (SSSR count). The van der Waals surface area contributed by atoms with Crippen molar-refractivity contribution in [2.75, 3.05) is 26.4 Å². The van der Waals surface area contributed by atoms with Crippen LogP contribution in [0.2, 0.25) is 0 Å². The second-order valence-electron chi connectivity index (χ2n) is 7.24. The first-order chi connectivity index (χ1) is 15.5. The quantitative estimate of drug-likeness (QED) is 0.500. The highest BCUT2D eigenvalue weighted by Gasteiger charge is 2.18. The highest BCUT2D eigenvalue weighted by molar-refractivity contribution is 6.00. The number of aromatic nitrogens is 2. The van der Waals surface area contributed by atoms with E-state index >= 15 is 0 Å². The minimum atomic E-state index is -2.83. The molecule has 1 amide bonds. The third-order valence-electron chi connectivity index (χ3n) is 5.07. The number of amides is 1. The normalized spacial score (nSPS) is 14.7. The van der Waals surface area contributed by atoms with Gasteiger partial charge < -0.3 is 24.7 Å². The summed E-state index contributed by atoms with van der Waals surface area (Å²) < 4.78 is 49.4. The fourth-order valence-corrected chi connectivity index (χ4v) is 3.45. The Morgan fingerprint density at radius 2 is 1.88 bits per heavy atom. The number of nitrogens with zero attached hydrogens (tertiary/aromatic N) is 2. The summed E-state index contributed by atoms with van der Waals surface area (Å²) in [6.45, 7) is -0.504. The van der Waals surface area contributed by atoms with E-state index in [2.05, 4.69) is 5.10 Å². The molecule has 8 nitrogen and oxygen atoms in total. The number of carbonyl (C=O) groups is 1. The van der Waals surface area contributed by atoms with E-state index in [1.807, 2.05) is 0 Å². The largest absolute Gasteiger partial charge is 0.491 e. The number of benzene rings is 2. The van der Waals surface area contributed by atoms with E-state index in [-0.39, 0.29) is 22.9 Å². The van der Waals surface area contributed by atoms with Crippen molar-refractivity contribution in [1.29, 1.82) is 0 Å². The van der Waals surface area contributed by atoms with Gasteiger partial charge in [-0.2, -0.15) is 13.9 Å². The molecule has 32 heavy (non-hydrogen) atoms. The zero-order valence-electron chi connectivity index (χ0n) is 17.2. The summed E-state index contributed by atoms with van der Waals surface area (Å²) in [6.07, 6.45) is 3.24. The SMILES string of the molecule is NC(=O)c1cc2cnn(C(F)F)c2cc1Oc1ccc(OCCOC2CCOCC2)cc1. The summed E-state index contributed by atoms with van der Waals surface area (Å²) >= 11 is 0. The van der Waals surface area contributed by atoms with E-state index in [1.165, 1.54) is 18.3 Å². The van der Waals surface area contributed by atoms with Crippen LogP contribution in [0.4, 0.5) is 8.78 Å². The predicted octanol–water partition coefficient (Wildman–Crippen LogP) is 3.90. The summed E-state index contributed by atoms with van der Waals surface area (Å²) in [5.41, 5.74) is 5.63.